The van der Waals surface area contributed by atoms with Gasteiger partial charge in [0.05, 0.1) is 16.5 Å². The van der Waals surface area contributed by atoms with Crippen LogP contribution in [0.25, 0.3) is 0 Å². The predicted molar refractivity (Wildman–Crippen MR) is 99.5 cm³/mol. The lowest BCUT2D eigenvalue weighted by Crippen LogP contribution is -2.32. The molecule has 5 nitrogen and oxygen atoms in total. The Labute approximate surface area is 154 Å². The summed E-state index contributed by atoms with van der Waals surface area (Å²) < 4.78 is 13.1. The lowest BCUT2D eigenvalue weighted by Gasteiger charge is -2.18. The fourth-order valence-electron chi connectivity index (χ4n) is 1.99. The van der Waals surface area contributed by atoms with Gasteiger partial charge in [0.25, 0.3) is 0 Å². The largest absolute Gasteiger partial charge is 0.373 e. The molecule has 0 heterocycles. The average Bonchev–Trinajstić information content (AvgIpc) is 2.56. The van der Waals surface area contributed by atoms with Gasteiger partial charge in [0.2, 0.25) is 11.8 Å². The summed E-state index contributed by atoms with van der Waals surface area (Å²) in [6.45, 7) is 1.68. The van der Waals surface area contributed by atoms with Crippen molar-refractivity contribution >= 4 is 46.6 Å². The number of nitrogens with one attached hydrogen (secondary N) is 2. The fraction of sp³-hybridized carbons (Fsp3) is 0.176. The van der Waals surface area contributed by atoms with E-state index in [2.05, 4.69) is 10.6 Å². The molecular formula is C17H17ClFN3O2S. The lowest BCUT2D eigenvalue weighted by atomic mass is 10.2. The van der Waals surface area contributed by atoms with Crippen molar-refractivity contribution in [1.29, 1.82) is 0 Å². The van der Waals surface area contributed by atoms with Gasteiger partial charge in [-0.3, -0.25) is 9.59 Å². The second-order valence-corrected chi connectivity index (χ2v) is 6.65. The van der Waals surface area contributed by atoms with Crippen LogP contribution in [-0.4, -0.2) is 23.6 Å². The van der Waals surface area contributed by atoms with Crippen LogP contribution in [-0.2, 0) is 9.59 Å². The molecule has 0 aliphatic heterocycles. The van der Waals surface area contributed by atoms with E-state index in [9.17, 15) is 14.0 Å². The molecule has 0 spiro atoms. The standard InChI is InChI=1S/C17H17ClFN3O2S/c1-10(17(24)22-13-7-6-11(19)8-12(13)18)21-14-4-2-3-5-15(14)25-9-16(20)23/h2-8,10,21H,9H2,1H3,(H2,20,23)(H,22,24)/t10-/m0/s1. The first-order valence-electron chi connectivity index (χ1n) is 7.39. The summed E-state index contributed by atoms with van der Waals surface area (Å²) in [6.07, 6.45) is 0. The highest BCUT2D eigenvalue weighted by atomic mass is 35.5. The molecule has 0 saturated carbocycles. The minimum atomic E-state index is -0.587. The Morgan fingerprint density at radius 2 is 1.96 bits per heavy atom. The molecule has 8 heteroatoms. The molecule has 0 radical (unpaired) electrons. The summed E-state index contributed by atoms with van der Waals surface area (Å²) in [6, 6.07) is 10.4. The minimum absolute atomic E-state index is 0.123. The quantitative estimate of drug-likeness (QED) is 0.641. The summed E-state index contributed by atoms with van der Waals surface area (Å²) in [5.74, 6) is -1.08. The molecule has 0 bridgehead atoms. The van der Waals surface area contributed by atoms with Gasteiger partial charge in [-0.25, -0.2) is 4.39 Å². The highest BCUT2D eigenvalue weighted by molar-refractivity contribution is 8.00. The van der Waals surface area contributed by atoms with E-state index in [4.69, 9.17) is 17.3 Å². The monoisotopic (exact) mass is 381 g/mol. The fourth-order valence-corrected chi connectivity index (χ4v) is 2.96. The van der Waals surface area contributed by atoms with Gasteiger partial charge in [0, 0.05) is 10.6 Å². The van der Waals surface area contributed by atoms with Gasteiger partial charge >= 0.3 is 0 Å². The normalized spacial score (nSPS) is 11.6. The number of primary amides is 1. The Bertz CT molecular complexity index is 788. The number of thioether (sulfide) groups is 1. The maximum absolute atomic E-state index is 13.1. The molecule has 0 saturated heterocycles. The van der Waals surface area contributed by atoms with Crippen molar-refractivity contribution in [2.75, 3.05) is 16.4 Å². The number of halogens is 2. The van der Waals surface area contributed by atoms with E-state index in [-0.39, 0.29) is 16.7 Å². The third kappa shape index (κ3) is 5.65. The zero-order chi connectivity index (χ0) is 18.4. The number of carbonyl (C=O) groups excluding carboxylic acids is 2. The number of hydrogen-bond donors (Lipinski definition) is 3. The van der Waals surface area contributed by atoms with Crippen LogP contribution < -0.4 is 16.4 Å². The number of anilines is 2. The van der Waals surface area contributed by atoms with Crippen molar-refractivity contribution in [2.45, 2.75) is 17.9 Å². The average molecular weight is 382 g/mol. The molecule has 25 heavy (non-hydrogen) atoms. The van der Waals surface area contributed by atoms with Gasteiger partial charge in [0.1, 0.15) is 11.9 Å². The molecule has 2 amide bonds. The van der Waals surface area contributed by atoms with Crippen molar-refractivity contribution < 1.29 is 14.0 Å². The molecule has 0 aliphatic carbocycles. The first-order valence-corrected chi connectivity index (χ1v) is 8.75. The minimum Gasteiger partial charge on any atom is -0.373 e. The van der Waals surface area contributed by atoms with Gasteiger partial charge in [0.15, 0.2) is 0 Å². The van der Waals surface area contributed by atoms with Crippen LogP contribution in [0.15, 0.2) is 47.4 Å². The van der Waals surface area contributed by atoms with Crippen molar-refractivity contribution in [2.24, 2.45) is 5.73 Å². The summed E-state index contributed by atoms with van der Waals surface area (Å²) >= 11 is 7.20. The molecule has 0 aliphatic rings. The number of nitrogens with two attached hydrogens (primary N) is 1. The predicted octanol–water partition coefficient (Wildman–Crippen LogP) is 3.50. The lowest BCUT2D eigenvalue weighted by molar-refractivity contribution is -0.117. The number of benzene rings is 2. The molecule has 2 aromatic carbocycles. The van der Waals surface area contributed by atoms with E-state index in [1.165, 1.54) is 23.9 Å². The zero-order valence-corrected chi connectivity index (χ0v) is 15.0. The van der Waals surface area contributed by atoms with E-state index in [1.807, 2.05) is 18.2 Å². The van der Waals surface area contributed by atoms with Gasteiger partial charge in [-0.1, -0.05) is 23.7 Å². The van der Waals surface area contributed by atoms with Crippen LogP contribution in [0, 0.1) is 5.82 Å². The van der Waals surface area contributed by atoms with Gasteiger partial charge < -0.3 is 16.4 Å². The van der Waals surface area contributed by atoms with Gasteiger partial charge in [-0.15, -0.1) is 11.8 Å². The topological polar surface area (TPSA) is 84.2 Å². The van der Waals surface area contributed by atoms with Crippen molar-refractivity contribution in [1.82, 2.24) is 0 Å². The second-order valence-electron chi connectivity index (χ2n) is 5.23. The third-order valence-corrected chi connectivity index (χ3v) is 4.62. The van der Waals surface area contributed by atoms with Crippen molar-refractivity contribution in [3.05, 3.63) is 53.3 Å². The first-order chi connectivity index (χ1) is 11.9. The number of para-hydroxylation sites is 1. The first kappa shape index (κ1) is 19.1. The van der Waals surface area contributed by atoms with E-state index < -0.39 is 17.8 Å². The molecule has 0 aromatic heterocycles. The second kappa shape index (κ2) is 8.73. The molecular weight excluding hydrogens is 365 g/mol. The molecule has 1 atom stereocenters. The number of rotatable bonds is 7. The maximum atomic E-state index is 13.1. The van der Waals surface area contributed by atoms with Crippen molar-refractivity contribution in [3.63, 3.8) is 0 Å². The summed E-state index contributed by atoms with van der Waals surface area (Å²) in [4.78, 5) is 24.1. The number of amides is 2. The Hall–Kier alpha value is -2.25. The summed E-state index contributed by atoms with van der Waals surface area (Å²) in [5, 5.41) is 5.85. The smallest absolute Gasteiger partial charge is 0.246 e. The zero-order valence-electron chi connectivity index (χ0n) is 13.4. The molecule has 0 fully saturated rings. The van der Waals surface area contributed by atoms with Crippen LogP contribution in [0.4, 0.5) is 15.8 Å². The van der Waals surface area contributed by atoms with Gasteiger partial charge in [-0.05, 0) is 37.3 Å². The number of hydrogen-bond acceptors (Lipinski definition) is 4. The van der Waals surface area contributed by atoms with Crippen LogP contribution in [0.3, 0.4) is 0 Å². The highest BCUT2D eigenvalue weighted by Crippen LogP contribution is 2.28. The SMILES string of the molecule is C[C@H](Nc1ccccc1SCC(N)=O)C(=O)Nc1ccc(F)cc1Cl. The highest BCUT2D eigenvalue weighted by Gasteiger charge is 2.16. The number of carbonyl (C=O) groups is 2. The Balaban J connectivity index is 2.04. The molecule has 0 unspecified atom stereocenters. The molecule has 132 valence electrons. The molecule has 4 N–H and O–H groups in total. The van der Waals surface area contributed by atoms with Crippen LogP contribution in [0.2, 0.25) is 5.02 Å². The Morgan fingerprint density at radius 1 is 1.24 bits per heavy atom. The maximum Gasteiger partial charge on any atom is 0.246 e. The summed E-state index contributed by atoms with van der Waals surface area (Å²) in [7, 11) is 0. The van der Waals surface area contributed by atoms with Crippen LogP contribution in [0.5, 0.6) is 0 Å². The van der Waals surface area contributed by atoms with E-state index >= 15 is 0 Å². The van der Waals surface area contributed by atoms with E-state index in [1.54, 1.807) is 13.0 Å². The van der Waals surface area contributed by atoms with E-state index in [0.717, 1.165) is 11.0 Å². The van der Waals surface area contributed by atoms with Crippen LogP contribution in [0.1, 0.15) is 6.92 Å². The van der Waals surface area contributed by atoms with E-state index in [0.29, 0.717) is 11.4 Å². The molecule has 2 rings (SSSR count). The third-order valence-electron chi connectivity index (χ3n) is 3.21. The van der Waals surface area contributed by atoms with Crippen LogP contribution >= 0.6 is 23.4 Å². The molecule has 2 aromatic rings. The summed E-state index contributed by atoms with van der Waals surface area (Å²) in [5.41, 5.74) is 6.21. The Kier molecular flexibility index (Phi) is 6.66. The van der Waals surface area contributed by atoms with Crippen molar-refractivity contribution in [3.8, 4) is 0 Å². The Morgan fingerprint density at radius 3 is 2.64 bits per heavy atom. The van der Waals surface area contributed by atoms with Gasteiger partial charge in [-0.2, -0.15) is 0 Å².